The van der Waals surface area contributed by atoms with E-state index in [-0.39, 0.29) is 5.41 Å². The van der Waals surface area contributed by atoms with Crippen LogP contribution >= 0.6 is 11.3 Å². The summed E-state index contributed by atoms with van der Waals surface area (Å²) in [5, 5.41) is 19.3. The number of anilines is 3. The number of hydrogen-bond donors (Lipinski definition) is 0. The molecule has 8 heterocycles. The van der Waals surface area contributed by atoms with Gasteiger partial charge in [0.25, 0.3) is 0 Å². The van der Waals surface area contributed by atoms with Crippen LogP contribution in [0.3, 0.4) is 0 Å². The second-order valence-electron chi connectivity index (χ2n) is 33.4. The Labute approximate surface area is 738 Å². The third-order valence-electron chi connectivity index (χ3n) is 25.8. The molecule has 1 aliphatic heterocycles. The highest BCUT2D eigenvalue weighted by atomic mass is 32.1. The molecule has 0 amide bonds. The van der Waals surface area contributed by atoms with Gasteiger partial charge in [0.2, 0.25) is 11.9 Å². The quantitative estimate of drug-likeness (QED) is 0.147. The number of rotatable bonds is 8. The monoisotopic (exact) mass is 1650 g/mol. The van der Waals surface area contributed by atoms with E-state index in [9.17, 15) is 0 Å². The summed E-state index contributed by atoms with van der Waals surface area (Å²) in [7, 11) is 0. The average Bonchev–Trinajstić information content (AvgIpc) is 1.18. The summed E-state index contributed by atoms with van der Waals surface area (Å²) in [5.41, 5.74) is 24.5. The van der Waals surface area contributed by atoms with Crippen LogP contribution < -0.4 is 4.90 Å². The fourth-order valence-corrected chi connectivity index (χ4v) is 21.0. The Morgan fingerprint density at radius 3 is 1.16 bits per heavy atom. The number of aromatic nitrogens is 7. The maximum atomic E-state index is 6.47. The van der Waals surface area contributed by atoms with E-state index in [0.29, 0.717) is 11.9 Å². The molecule has 0 spiro atoms. The molecule has 7 aromatic heterocycles. The number of fused-ring (bicyclic) bond motifs is 26. The molecule has 0 aliphatic carbocycles. The van der Waals surface area contributed by atoms with Crippen LogP contribution in [0.25, 0.3) is 224 Å². The molecular formula is C117H74N8O2S. The highest BCUT2D eigenvalue weighted by molar-refractivity contribution is 7.26. The summed E-state index contributed by atoms with van der Waals surface area (Å²) in [6.07, 6.45) is 0. The summed E-state index contributed by atoms with van der Waals surface area (Å²) in [6, 6.07) is 145. The van der Waals surface area contributed by atoms with Gasteiger partial charge in [-0.15, -0.1) is 11.3 Å². The summed E-state index contributed by atoms with van der Waals surface area (Å²) >= 11 is 1.83. The smallest absolute Gasteiger partial charge is 0.235 e. The van der Waals surface area contributed by atoms with Gasteiger partial charge in [-0.2, -0.15) is 0 Å². The highest BCUT2D eigenvalue weighted by Crippen LogP contribution is 2.53. The molecule has 0 fully saturated rings. The maximum Gasteiger partial charge on any atom is 0.235 e. The van der Waals surface area contributed by atoms with Crippen molar-refractivity contribution in [2.75, 3.05) is 4.90 Å². The first-order valence-corrected chi connectivity index (χ1v) is 44.1. The molecule has 27 rings (SSSR count). The van der Waals surface area contributed by atoms with Crippen LogP contribution in [-0.2, 0) is 5.41 Å². The van der Waals surface area contributed by atoms with Gasteiger partial charge in [-0.1, -0.05) is 341 Å². The summed E-state index contributed by atoms with van der Waals surface area (Å²) in [4.78, 5) is 34.3. The molecule has 0 bridgehead atoms. The zero-order chi connectivity index (χ0) is 84.7. The molecule has 0 saturated carbocycles. The Hall–Kier alpha value is -16.6. The van der Waals surface area contributed by atoms with Crippen molar-refractivity contribution in [3.63, 3.8) is 0 Å². The summed E-state index contributed by atoms with van der Waals surface area (Å²) in [6.45, 7) is 4.59. The molecule has 0 radical (unpaired) electrons. The van der Waals surface area contributed by atoms with E-state index < -0.39 is 0 Å². The second kappa shape index (κ2) is 29.8. The molecule has 600 valence electrons. The molecule has 11 heteroatoms. The predicted octanol–water partition coefficient (Wildman–Crippen LogP) is 31.7. The van der Waals surface area contributed by atoms with E-state index in [4.69, 9.17) is 38.7 Å². The standard InChI is InChI=1S/C42H26N2S.C39H27N3O.C36H21N3O/c1-3-12-27(13-4-1)32-19-9-10-20-33(32)30-17-11-18-31(26-30)42-43-40(29-15-5-2-6-16-29)35-23-25-37-39(41(35)44-42)38-34-21-8-7-14-28(34)22-24-36(38)45-37;1-39(2)28-16-8-10-18-30(28)42(31-19-11-9-17-29(31)39)38-40-36(25-13-4-3-5-14-25)27-21-23-33-35(37(27)41-38)34-26-15-7-6-12-24(26)20-22-32(34)43-33;1-2-11-23(12-3-1)34-27-19-21-31-33(32-24-13-5-4-10-22(24)18-20-30(32)40-31)35(27)38-36(37-34)39-28-16-8-6-14-25(28)26-15-7-9-17-29(26)39/h1-26H;3-23H,1-2H3;1-21H. The Morgan fingerprint density at radius 2 is 0.617 bits per heavy atom. The van der Waals surface area contributed by atoms with Crippen molar-refractivity contribution in [2.24, 2.45) is 0 Å². The predicted molar refractivity (Wildman–Crippen MR) is 532 cm³/mol. The lowest BCUT2D eigenvalue weighted by atomic mass is 9.74. The number of para-hydroxylation sites is 4. The van der Waals surface area contributed by atoms with Crippen LogP contribution in [0, 0.1) is 0 Å². The largest absolute Gasteiger partial charge is 0.456 e. The lowest BCUT2D eigenvalue weighted by Crippen LogP contribution is -2.31. The summed E-state index contributed by atoms with van der Waals surface area (Å²) < 4.78 is 17.6. The van der Waals surface area contributed by atoms with Crippen molar-refractivity contribution in [3.8, 4) is 73.4 Å². The minimum absolute atomic E-state index is 0.171. The van der Waals surface area contributed by atoms with Gasteiger partial charge in [0, 0.05) is 85.5 Å². The second-order valence-corrected chi connectivity index (χ2v) is 34.5. The maximum absolute atomic E-state index is 6.47. The molecule has 26 aromatic rings. The van der Waals surface area contributed by atoms with Crippen LogP contribution in [0.15, 0.2) is 421 Å². The van der Waals surface area contributed by atoms with E-state index >= 15 is 0 Å². The molecule has 0 atom stereocenters. The van der Waals surface area contributed by atoms with Crippen LogP contribution in [0.4, 0.5) is 17.3 Å². The van der Waals surface area contributed by atoms with Gasteiger partial charge < -0.3 is 8.83 Å². The van der Waals surface area contributed by atoms with Crippen molar-refractivity contribution >= 4 is 180 Å². The van der Waals surface area contributed by atoms with Gasteiger partial charge in [0.1, 0.15) is 22.3 Å². The molecule has 128 heavy (non-hydrogen) atoms. The Bertz CT molecular complexity index is 8910. The van der Waals surface area contributed by atoms with Gasteiger partial charge in [0.05, 0.1) is 66.8 Å². The first kappa shape index (κ1) is 74.1. The van der Waals surface area contributed by atoms with E-state index in [2.05, 4.69) is 424 Å². The van der Waals surface area contributed by atoms with Gasteiger partial charge in [-0.25, -0.2) is 29.9 Å². The van der Waals surface area contributed by atoms with Crippen molar-refractivity contribution in [1.82, 2.24) is 34.5 Å². The lowest BCUT2D eigenvalue weighted by molar-refractivity contribution is 0.631. The molecule has 0 N–H and O–H groups in total. The average molecular weight is 1660 g/mol. The van der Waals surface area contributed by atoms with Crippen LogP contribution in [0.5, 0.6) is 0 Å². The minimum atomic E-state index is -0.171. The first-order valence-electron chi connectivity index (χ1n) is 43.3. The molecule has 0 saturated heterocycles. The fourth-order valence-electron chi connectivity index (χ4n) is 19.9. The lowest BCUT2D eigenvalue weighted by Gasteiger charge is -2.41. The van der Waals surface area contributed by atoms with E-state index in [1.165, 1.54) is 80.3 Å². The van der Waals surface area contributed by atoms with E-state index in [1.54, 1.807) is 0 Å². The molecule has 1 aliphatic rings. The summed E-state index contributed by atoms with van der Waals surface area (Å²) in [5.74, 6) is 2.02. The Balaban J connectivity index is 0.000000104. The number of hydrogen-bond acceptors (Lipinski definition) is 10. The SMILES string of the molecule is CC1(C)c2ccccc2N(c2nc(-c3ccccc3)c3ccc4oc5ccc6ccccc6c5c4c3n2)c2ccccc21.c1ccc(-c2ccccc2-c2cccc(-c3nc(-c4ccccc4)c4ccc5sc6ccc7ccccc7c6c5c4n3)c2)cc1.c1ccc(-c2nc(-n3c4ccccc4c4ccccc43)nc3c2ccc2oc4ccc5ccccc5c4c23)cc1. The number of benzene rings is 19. The van der Waals surface area contributed by atoms with Gasteiger partial charge >= 0.3 is 0 Å². The van der Waals surface area contributed by atoms with Gasteiger partial charge in [-0.05, 0) is 151 Å². The Morgan fingerprint density at radius 1 is 0.250 bits per heavy atom. The third-order valence-corrected chi connectivity index (χ3v) is 26.9. The molecule has 0 unspecified atom stereocenters. The van der Waals surface area contributed by atoms with Crippen LogP contribution in [0.1, 0.15) is 25.0 Å². The van der Waals surface area contributed by atoms with Crippen molar-refractivity contribution < 1.29 is 8.83 Å². The minimum Gasteiger partial charge on any atom is -0.456 e. The molecular weight excluding hydrogens is 1580 g/mol. The van der Waals surface area contributed by atoms with Gasteiger partial charge in [0.15, 0.2) is 5.82 Å². The van der Waals surface area contributed by atoms with E-state index in [0.717, 1.165) is 160 Å². The van der Waals surface area contributed by atoms with Crippen molar-refractivity contribution in [1.29, 1.82) is 0 Å². The fraction of sp³-hybridized carbons (Fsp3) is 0.0256. The highest BCUT2D eigenvalue weighted by Gasteiger charge is 2.38. The number of furan rings is 2. The third kappa shape index (κ3) is 12.0. The normalized spacial score (nSPS) is 12.5. The first-order chi connectivity index (χ1) is 63.3. The zero-order valence-electron chi connectivity index (χ0n) is 69.6. The zero-order valence-corrected chi connectivity index (χ0v) is 70.4. The van der Waals surface area contributed by atoms with Crippen molar-refractivity contribution in [2.45, 2.75) is 19.3 Å². The molecule has 10 nitrogen and oxygen atoms in total. The number of thiophene rings is 1. The Kier molecular flexibility index (Phi) is 17.3. The number of nitrogens with zero attached hydrogens (tertiary/aromatic N) is 8. The van der Waals surface area contributed by atoms with Crippen LogP contribution in [0.2, 0.25) is 0 Å². The van der Waals surface area contributed by atoms with Crippen molar-refractivity contribution in [3.05, 3.63) is 424 Å². The molecule has 19 aromatic carbocycles. The topological polar surface area (TPSA) is 112 Å². The van der Waals surface area contributed by atoms with E-state index in [1.807, 2.05) is 23.5 Å². The van der Waals surface area contributed by atoms with Crippen LogP contribution in [-0.4, -0.2) is 34.5 Å². The van der Waals surface area contributed by atoms with Gasteiger partial charge in [-0.3, -0.25) is 9.47 Å².